The molecule has 1 fully saturated rings. The number of aromatic nitrogens is 2. The lowest BCUT2D eigenvalue weighted by Crippen LogP contribution is -2.41. The van der Waals surface area contributed by atoms with Gasteiger partial charge in [-0.05, 0) is 27.7 Å². The smallest absolute Gasteiger partial charge is 0.399 e. The first-order valence-corrected chi connectivity index (χ1v) is 6.26. The molecule has 0 atom stereocenters. The highest BCUT2D eigenvalue weighted by Crippen LogP contribution is 2.36. The lowest BCUT2D eigenvalue weighted by molar-refractivity contribution is 0.000601. The van der Waals surface area contributed by atoms with Crippen molar-refractivity contribution >= 4 is 12.6 Å². The van der Waals surface area contributed by atoms with E-state index in [9.17, 15) is 8.78 Å². The quantitative estimate of drug-likeness (QED) is 0.788. The van der Waals surface area contributed by atoms with Gasteiger partial charge in [0.15, 0.2) is 0 Å². The summed E-state index contributed by atoms with van der Waals surface area (Å²) >= 11 is 0. The van der Waals surface area contributed by atoms with Gasteiger partial charge in [-0.15, -0.1) is 0 Å². The van der Waals surface area contributed by atoms with E-state index in [0.29, 0.717) is 5.46 Å². The second-order valence-electron chi connectivity index (χ2n) is 6.13. The standard InChI is InChI=1S/C12H19BF2N2O2/c1-10(2)11(3,4)19-13(18-10)9-6-16-17(7-9)8-12(5,14)15/h6-7H,8H2,1-5H3. The maximum absolute atomic E-state index is 12.9. The molecule has 0 N–H and O–H groups in total. The van der Waals surface area contributed by atoms with Crippen LogP contribution in [0.15, 0.2) is 12.4 Å². The largest absolute Gasteiger partial charge is 0.498 e. The van der Waals surface area contributed by atoms with Gasteiger partial charge in [0, 0.05) is 24.8 Å². The van der Waals surface area contributed by atoms with E-state index in [-0.39, 0.29) is 0 Å². The van der Waals surface area contributed by atoms with Crippen LogP contribution < -0.4 is 5.46 Å². The lowest BCUT2D eigenvalue weighted by atomic mass is 9.82. The molecule has 0 saturated carbocycles. The fraction of sp³-hybridized carbons (Fsp3) is 0.750. The minimum absolute atomic E-state index is 0.450. The Balaban J connectivity index is 2.13. The molecule has 19 heavy (non-hydrogen) atoms. The predicted octanol–water partition coefficient (Wildman–Crippen LogP) is 1.84. The molecule has 1 saturated heterocycles. The lowest BCUT2D eigenvalue weighted by Gasteiger charge is -2.32. The molecule has 0 spiro atoms. The first kappa shape index (κ1) is 14.5. The summed E-state index contributed by atoms with van der Waals surface area (Å²) in [5.41, 5.74) is -0.244. The van der Waals surface area contributed by atoms with Crippen molar-refractivity contribution in [3.05, 3.63) is 12.4 Å². The van der Waals surface area contributed by atoms with E-state index in [2.05, 4.69) is 5.10 Å². The summed E-state index contributed by atoms with van der Waals surface area (Å²) in [7, 11) is -0.566. The second-order valence-corrected chi connectivity index (χ2v) is 6.13. The molecule has 0 unspecified atom stereocenters. The normalized spacial score (nSPS) is 21.9. The molecule has 2 rings (SSSR count). The minimum Gasteiger partial charge on any atom is -0.399 e. The summed E-state index contributed by atoms with van der Waals surface area (Å²) in [4.78, 5) is 0. The molecule has 0 amide bonds. The van der Waals surface area contributed by atoms with Crippen molar-refractivity contribution in [2.24, 2.45) is 0 Å². The van der Waals surface area contributed by atoms with Crippen molar-refractivity contribution in [2.75, 3.05) is 0 Å². The summed E-state index contributed by atoms with van der Waals surface area (Å²) in [5, 5.41) is 3.92. The summed E-state index contributed by atoms with van der Waals surface area (Å²) in [5.74, 6) is -2.79. The minimum atomic E-state index is -2.79. The molecule has 0 radical (unpaired) electrons. The molecule has 1 aliphatic rings. The third-order valence-electron chi connectivity index (χ3n) is 3.62. The van der Waals surface area contributed by atoms with Crippen molar-refractivity contribution < 1.29 is 18.1 Å². The molecule has 7 heteroatoms. The van der Waals surface area contributed by atoms with Crippen molar-refractivity contribution in [3.8, 4) is 0 Å². The third-order valence-corrected chi connectivity index (χ3v) is 3.62. The van der Waals surface area contributed by atoms with Crippen molar-refractivity contribution in [1.29, 1.82) is 0 Å². The van der Waals surface area contributed by atoms with Crippen LogP contribution in [-0.4, -0.2) is 34.0 Å². The summed E-state index contributed by atoms with van der Waals surface area (Å²) in [6.07, 6.45) is 3.05. The fourth-order valence-electron chi connectivity index (χ4n) is 1.85. The van der Waals surface area contributed by atoms with Crippen LogP contribution in [0.2, 0.25) is 0 Å². The van der Waals surface area contributed by atoms with Gasteiger partial charge in [-0.2, -0.15) is 5.10 Å². The first-order chi connectivity index (χ1) is 8.50. The molecular weight excluding hydrogens is 253 g/mol. The third kappa shape index (κ3) is 2.97. The highest BCUT2D eigenvalue weighted by Gasteiger charge is 2.52. The average Bonchev–Trinajstić information content (AvgIpc) is 2.68. The van der Waals surface area contributed by atoms with Gasteiger partial charge in [0.05, 0.1) is 11.2 Å². The highest BCUT2D eigenvalue weighted by atomic mass is 19.3. The number of halogens is 2. The van der Waals surface area contributed by atoms with Gasteiger partial charge in [-0.1, -0.05) is 0 Å². The highest BCUT2D eigenvalue weighted by molar-refractivity contribution is 6.61. The van der Waals surface area contributed by atoms with Gasteiger partial charge in [0.1, 0.15) is 6.54 Å². The average molecular weight is 272 g/mol. The Morgan fingerprint density at radius 3 is 2.26 bits per heavy atom. The van der Waals surface area contributed by atoms with Gasteiger partial charge in [-0.3, -0.25) is 4.68 Å². The Bertz CT molecular complexity index is 453. The van der Waals surface area contributed by atoms with Gasteiger partial charge in [0.25, 0.3) is 5.92 Å². The van der Waals surface area contributed by atoms with E-state index >= 15 is 0 Å². The van der Waals surface area contributed by atoms with Crippen LogP contribution in [-0.2, 0) is 15.9 Å². The van der Waals surface area contributed by atoms with Crippen LogP contribution in [0.3, 0.4) is 0 Å². The molecule has 0 bridgehead atoms. The Kier molecular flexibility index (Phi) is 3.26. The van der Waals surface area contributed by atoms with Crippen LogP contribution in [0.25, 0.3) is 0 Å². The zero-order chi connectivity index (χ0) is 14.5. The summed E-state index contributed by atoms with van der Waals surface area (Å²) in [6.45, 7) is 8.18. The Morgan fingerprint density at radius 2 is 1.79 bits per heavy atom. The van der Waals surface area contributed by atoms with Crippen LogP contribution in [0.1, 0.15) is 34.6 Å². The van der Waals surface area contributed by atoms with E-state index in [1.807, 2.05) is 27.7 Å². The Labute approximate surface area is 112 Å². The van der Waals surface area contributed by atoms with E-state index < -0.39 is 30.8 Å². The van der Waals surface area contributed by atoms with Crippen LogP contribution >= 0.6 is 0 Å². The fourth-order valence-corrected chi connectivity index (χ4v) is 1.85. The molecule has 106 valence electrons. The SMILES string of the molecule is CC(F)(F)Cn1cc(B2OC(C)(C)C(C)(C)O2)cn1. The molecule has 1 aromatic heterocycles. The molecule has 0 aliphatic carbocycles. The summed E-state index contributed by atoms with van der Waals surface area (Å²) in [6, 6.07) is 0. The second kappa shape index (κ2) is 4.28. The number of rotatable bonds is 3. The summed E-state index contributed by atoms with van der Waals surface area (Å²) < 4.78 is 38.7. The van der Waals surface area contributed by atoms with Gasteiger partial charge in [-0.25, -0.2) is 8.78 Å². The monoisotopic (exact) mass is 272 g/mol. The van der Waals surface area contributed by atoms with Crippen molar-refractivity contribution in [2.45, 2.75) is 58.3 Å². The van der Waals surface area contributed by atoms with Crippen LogP contribution in [0, 0.1) is 0 Å². The van der Waals surface area contributed by atoms with Crippen molar-refractivity contribution in [3.63, 3.8) is 0 Å². The Hall–Kier alpha value is -0.945. The molecule has 0 aromatic carbocycles. The predicted molar refractivity (Wildman–Crippen MR) is 68.6 cm³/mol. The van der Waals surface area contributed by atoms with Gasteiger partial charge < -0.3 is 9.31 Å². The molecule has 1 aromatic rings. The topological polar surface area (TPSA) is 36.3 Å². The van der Waals surface area contributed by atoms with Gasteiger partial charge in [0.2, 0.25) is 0 Å². The van der Waals surface area contributed by atoms with E-state index in [0.717, 1.165) is 6.92 Å². The van der Waals surface area contributed by atoms with E-state index in [1.54, 1.807) is 6.20 Å². The molecule has 1 aliphatic heterocycles. The zero-order valence-electron chi connectivity index (χ0n) is 11.9. The number of alkyl halides is 2. The van der Waals surface area contributed by atoms with Gasteiger partial charge >= 0.3 is 7.12 Å². The number of nitrogens with zero attached hydrogens (tertiary/aromatic N) is 2. The maximum Gasteiger partial charge on any atom is 0.498 e. The van der Waals surface area contributed by atoms with Crippen molar-refractivity contribution in [1.82, 2.24) is 9.78 Å². The molecular formula is C12H19BF2N2O2. The zero-order valence-corrected chi connectivity index (χ0v) is 11.9. The number of hydrogen-bond donors (Lipinski definition) is 0. The Morgan fingerprint density at radius 1 is 1.26 bits per heavy atom. The molecule has 4 nitrogen and oxygen atoms in total. The maximum atomic E-state index is 12.9. The van der Waals surface area contributed by atoms with E-state index in [4.69, 9.17) is 9.31 Å². The van der Waals surface area contributed by atoms with Crippen LogP contribution in [0.5, 0.6) is 0 Å². The molecule has 2 heterocycles. The first-order valence-electron chi connectivity index (χ1n) is 6.26. The number of hydrogen-bond acceptors (Lipinski definition) is 3. The van der Waals surface area contributed by atoms with E-state index in [1.165, 1.54) is 10.9 Å². The van der Waals surface area contributed by atoms with Crippen LogP contribution in [0.4, 0.5) is 8.78 Å².